The standard InChI is InChI=1S/C19H22ClN3O3/c1-25-17-8-7-13(19(22-17)26-2)11-21-18(24)14-9-10-23(12-14)16-6-4-3-5-15(16)20/h3-8,14H,9-12H2,1-2H3,(H,21,24). The summed E-state index contributed by atoms with van der Waals surface area (Å²) in [6.07, 6.45) is 0.801. The Bertz CT molecular complexity index is 784. The third kappa shape index (κ3) is 4.02. The molecule has 0 spiro atoms. The third-order valence-corrected chi connectivity index (χ3v) is 4.84. The first-order valence-electron chi connectivity index (χ1n) is 8.47. The number of anilines is 1. The number of para-hydroxylation sites is 1. The lowest BCUT2D eigenvalue weighted by Crippen LogP contribution is -2.32. The summed E-state index contributed by atoms with van der Waals surface area (Å²) in [5.41, 5.74) is 1.79. The van der Waals surface area contributed by atoms with Crippen molar-refractivity contribution in [1.82, 2.24) is 10.3 Å². The summed E-state index contributed by atoms with van der Waals surface area (Å²) in [6, 6.07) is 11.3. The number of nitrogens with zero attached hydrogens (tertiary/aromatic N) is 2. The predicted molar refractivity (Wildman–Crippen MR) is 101 cm³/mol. The molecule has 1 unspecified atom stereocenters. The Kier molecular flexibility index (Phi) is 5.83. The highest BCUT2D eigenvalue weighted by atomic mass is 35.5. The largest absolute Gasteiger partial charge is 0.481 e. The normalized spacial score (nSPS) is 16.4. The highest BCUT2D eigenvalue weighted by Crippen LogP contribution is 2.30. The van der Waals surface area contributed by atoms with Gasteiger partial charge in [-0.2, -0.15) is 4.98 Å². The maximum absolute atomic E-state index is 12.5. The quantitative estimate of drug-likeness (QED) is 0.841. The van der Waals surface area contributed by atoms with Gasteiger partial charge in [-0.25, -0.2) is 0 Å². The molecule has 1 amide bonds. The maximum Gasteiger partial charge on any atom is 0.225 e. The smallest absolute Gasteiger partial charge is 0.225 e. The van der Waals surface area contributed by atoms with Crippen LogP contribution >= 0.6 is 11.6 Å². The van der Waals surface area contributed by atoms with Crippen molar-refractivity contribution >= 4 is 23.2 Å². The molecule has 0 radical (unpaired) electrons. The Balaban J connectivity index is 1.59. The number of pyridine rings is 1. The number of nitrogens with one attached hydrogen (secondary N) is 1. The molecule has 7 heteroatoms. The van der Waals surface area contributed by atoms with Gasteiger partial charge in [0.1, 0.15) is 0 Å². The van der Waals surface area contributed by atoms with E-state index in [4.69, 9.17) is 21.1 Å². The second-order valence-corrected chi connectivity index (χ2v) is 6.53. The highest BCUT2D eigenvalue weighted by Gasteiger charge is 2.29. The van der Waals surface area contributed by atoms with E-state index in [0.717, 1.165) is 24.2 Å². The van der Waals surface area contributed by atoms with E-state index in [2.05, 4.69) is 15.2 Å². The Morgan fingerprint density at radius 3 is 2.81 bits per heavy atom. The van der Waals surface area contributed by atoms with Crippen LogP contribution in [0.4, 0.5) is 5.69 Å². The van der Waals surface area contributed by atoms with Gasteiger partial charge < -0.3 is 19.7 Å². The number of hydrogen-bond acceptors (Lipinski definition) is 5. The summed E-state index contributed by atoms with van der Waals surface area (Å²) in [5.74, 6) is 0.887. The van der Waals surface area contributed by atoms with E-state index >= 15 is 0 Å². The molecular weight excluding hydrogens is 354 g/mol. The Morgan fingerprint density at radius 2 is 2.08 bits per heavy atom. The van der Waals surface area contributed by atoms with Crippen molar-refractivity contribution in [3.05, 3.63) is 47.0 Å². The van der Waals surface area contributed by atoms with E-state index in [1.807, 2.05) is 30.3 Å². The van der Waals surface area contributed by atoms with Crippen LogP contribution < -0.4 is 19.7 Å². The second kappa shape index (κ2) is 8.27. The van der Waals surface area contributed by atoms with Crippen LogP contribution in [0, 0.1) is 5.92 Å². The van der Waals surface area contributed by atoms with Crippen LogP contribution in [0.1, 0.15) is 12.0 Å². The van der Waals surface area contributed by atoms with Crippen molar-refractivity contribution in [2.45, 2.75) is 13.0 Å². The molecule has 6 nitrogen and oxygen atoms in total. The number of carbonyl (C=O) groups is 1. The van der Waals surface area contributed by atoms with E-state index in [0.29, 0.717) is 29.9 Å². The molecule has 1 atom stereocenters. The van der Waals surface area contributed by atoms with Crippen LogP contribution in [0.5, 0.6) is 11.8 Å². The number of benzene rings is 1. The van der Waals surface area contributed by atoms with Crippen molar-refractivity contribution in [2.75, 3.05) is 32.2 Å². The number of hydrogen-bond donors (Lipinski definition) is 1. The molecule has 1 fully saturated rings. The number of carbonyl (C=O) groups excluding carboxylic acids is 1. The van der Waals surface area contributed by atoms with Gasteiger partial charge in [0.15, 0.2) is 0 Å². The zero-order chi connectivity index (χ0) is 18.5. The van der Waals surface area contributed by atoms with Gasteiger partial charge in [-0.05, 0) is 24.6 Å². The Labute approximate surface area is 158 Å². The number of ether oxygens (including phenoxy) is 2. The summed E-state index contributed by atoms with van der Waals surface area (Å²) in [7, 11) is 3.10. The molecule has 1 aromatic heterocycles. The minimum Gasteiger partial charge on any atom is -0.481 e. The lowest BCUT2D eigenvalue weighted by atomic mass is 10.1. The number of aromatic nitrogens is 1. The molecule has 3 rings (SSSR count). The molecular formula is C19H22ClN3O3. The molecule has 26 heavy (non-hydrogen) atoms. The van der Waals surface area contributed by atoms with E-state index in [-0.39, 0.29) is 11.8 Å². The fourth-order valence-electron chi connectivity index (χ4n) is 3.11. The van der Waals surface area contributed by atoms with Gasteiger partial charge in [-0.15, -0.1) is 0 Å². The van der Waals surface area contributed by atoms with Gasteiger partial charge in [-0.1, -0.05) is 23.7 Å². The summed E-state index contributed by atoms with van der Waals surface area (Å²) >= 11 is 6.26. The molecule has 0 saturated carbocycles. The molecule has 1 N–H and O–H groups in total. The molecule has 1 saturated heterocycles. The molecule has 2 aromatic rings. The molecule has 0 bridgehead atoms. The van der Waals surface area contributed by atoms with Gasteiger partial charge in [0.2, 0.25) is 17.7 Å². The average Bonchev–Trinajstić information content (AvgIpc) is 3.16. The molecule has 1 aliphatic heterocycles. The summed E-state index contributed by atoms with van der Waals surface area (Å²) < 4.78 is 10.4. The average molecular weight is 376 g/mol. The third-order valence-electron chi connectivity index (χ3n) is 4.52. The van der Waals surface area contributed by atoms with Gasteiger partial charge in [0.05, 0.1) is 30.8 Å². The Hall–Kier alpha value is -2.47. The first-order valence-corrected chi connectivity index (χ1v) is 8.85. The van der Waals surface area contributed by atoms with E-state index in [1.54, 1.807) is 20.3 Å². The summed E-state index contributed by atoms with van der Waals surface area (Å²) in [6.45, 7) is 1.84. The van der Waals surface area contributed by atoms with Gasteiger partial charge >= 0.3 is 0 Å². The van der Waals surface area contributed by atoms with E-state index in [1.165, 1.54) is 0 Å². The second-order valence-electron chi connectivity index (χ2n) is 6.12. The molecule has 2 heterocycles. The van der Waals surface area contributed by atoms with Crippen molar-refractivity contribution in [1.29, 1.82) is 0 Å². The summed E-state index contributed by atoms with van der Waals surface area (Å²) in [4.78, 5) is 18.9. The minimum absolute atomic E-state index is 0.0254. The number of amides is 1. The van der Waals surface area contributed by atoms with Crippen LogP contribution in [-0.4, -0.2) is 38.2 Å². The highest BCUT2D eigenvalue weighted by molar-refractivity contribution is 6.33. The minimum atomic E-state index is -0.0662. The van der Waals surface area contributed by atoms with Crippen molar-refractivity contribution in [3.8, 4) is 11.8 Å². The van der Waals surface area contributed by atoms with Crippen LogP contribution in [0.15, 0.2) is 36.4 Å². The summed E-state index contributed by atoms with van der Waals surface area (Å²) in [5, 5.41) is 3.69. The zero-order valence-electron chi connectivity index (χ0n) is 14.9. The predicted octanol–water partition coefficient (Wildman–Crippen LogP) is 2.89. The van der Waals surface area contributed by atoms with Crippen LogP contribution in [-0.2, 0) is 11.3 Å². The fraction of sp³-hybridized carbons (Fsp3) is 0.368. The van der Waals surface area contributed by atoms with Gasteiger partial charge in [-0.3, -0.25) is 4.79 Å². The van der Waals surface area contributed by atoms with Crippen LogP contribution in [0.25, 0.3) is 0 Å². The topological polar surface area (TPSA) is 63.7 Å². The Morgan fingerprint density at radius 1 is 1.27 bits per heavy atom. The van der Waals surface area contributed by atoms with Crippen molar-refractivity contribution in [2.24, 2.45) is 5.92 Å². The molecule has 0 aliphatic carbocycles. The maximum atomic E-state index is 12.5. The molecule has 1 aromatic carbocycles. The van der Waals surface area contributed by atoms with Gasteiger partial charge in [0, 0.05) is 31.3 Å². The molecule has 1 aliphatic rings. The number of methoxy groups -OCH3 is 2. The molecule has 138 valence electrons. The fourth-order valence-corrected chi connectivity index (χ4v) is 3.36. The number of rotatable bonds is 6. The first kappa shape index (κ1) is 18.3. The van der Waals surface area contributed by atoms with Gasteiger partial charge in [0.25, 0.3) is 0 Å². The van der Waals surface area contributed by atoms with E-state index in [9.17, 15) is 4.79 Å². The lowest BCUT2D eigenvalue weighted by molar-refractivity contribution is -0.124. The van der Waals surface area contributed by atoms with Crippen molar-refractivity contribution in [3.63, 3.8) is 0 Å². The van der Waals surface area contributed by atoms with Crippen molar-refractivity contribution < 1.29 is 14.3 Å². The SMILES string of the molecule is COc1ccc(CNC(=O)C2CCN(c3ccccc3Cl)C2)c(OC)n1. The lowest BCUT2D eigenvalue weighted by Gasteiger charge is -2.20. The van der Waals surface area contributed by atoms with Crippen LogP contribution in [0.2, 0.25) is 5.02 Å². The number of halogens is 1. The van der Waals surface area contributed by atoms with Crippen LogP contribution in [0.3, 0.4) is 0 Å². The zero-order valence-corrected chi connectivity index (χ0v) is 15.6. The van der Waals surface area contributed by atoms with E-state index < -0.39 is 0 Å². The monoisotopic (exact) mass is 375 g/mol. The first-order chi connectivity index (χ1) is 12.6.